The second-order valence-corrected chi connectivity index (χ2v) is 45.5. The molecule has 0 N–H and O–H groups in total. The average Bonchev–Trinajstić information content (AvgIpc) is 0.762. The van der Waals surface area contributed by atoms with Crippen molar-refractivity contribution in [2.45, 2.75) is 209 Å². The molecular formula is C131H130IrN-. The van der Waals surface area contributed by atoms with E-state index < -0.39 is 0 Å². The summed E-state index contributed by atoms with van der Waals surface area (Å²) in [4.78, 5) is 5.43. The van der Waals surface area contributed by atoms with Crippen LogP contribution in [-0.4, -0.2) is 4.98 Å². The van der Waals surface area contributed by atoms with Crippen LogP contribution in [0.15, 0.2) is 352 Å². The van der Waals surface area contributed by atoms with Gasteiger partial charge in [-0.2, -0.15) is 0 Å². The molecule has 17 rings (SSSR count). The molecule has 0 amide bonds. The van der Waals surface area contributed by atoms with Gasteiger partial charge in [0.1, 0.15) is 0 Å². The Morgan fingerprint density at radius 3 is 0.541 bits per heavy atom. The third-order valence-electron chi connectivity index (χ3n) is 27.1. The Kier molecular flexibility index (Phi) is 25.5. The van der Waals surface area contributed by atoms with Crippen molar-refractivity contribution in [3.05, 3.63) is 403 Å². The number of pyridine rings is 1. The molecule has 1 nitrogen and oxygen atoms in total. The first kappa shape index (κ1) is 93.8. The number of benzene rings is 16. The fraction of sp³-hybridized carbons (Fsp3) is 0.244. The number of hydrogen-bond donors (Lipinski definition) is 0. The predicted molar refractivity (Wildman–Crippen MR) is 572 cm³/mol. The van der Waals surface area contributed by atoms with Gasteiger partial charge in [0, 0.05) is 26.3 Å². The maximum atomic E-state index is 5.43. The molecule has 0 unspecified atom stereocenters. The van der Waals surface area contributed by atoms with Gasteiger partial charge in [-0.05, 0) is 370 Å². The summed E-state index contributed by atoms with van der Waals surface area (Å²) >= 11 is 0. The van der Waals surface area contributed by atoms with Crippen molar-refractivity contribution in [2.24, 2.45) is 0 Å². The average molecular weight is 1910 g/mol. The molecule has 17 aromatic rings. The van der Waals surface area contributed by atoms with Crippen LogP contribution in [-0.2, 0) is 63.4 Å². The van der Waals surface area contributed by atoms with Crippen LogP contribution in [0.3, 0.4) is 0 Å². The first-order valence-electron chi connectivity index (χ1n) is 47.5. The van der Waals surface area contributed by atoms with E-state index in [2.05, 4.69) is 518 Å². The van der Waals surface area contributed by atoms with Gasteiger partial charge in [0.05, 0.1) is 0 Å². The van der Waals surface area contributed by atoms with Crippen LogP contribution >= 0.6 is 0 Å². The number of nitrogens with zero attached hydrogens (tertiary/aromatic N) is 1. The molecule has 0 aliphatic carbocycles. The third kappa shape index (κ3) is 20.9. The van der Waals surface area contributed by atoms with Crippen molar-refractivity contribution >= 4 is 10.8 Å². The summed E-state index contributed by atoms with van der Waals surface area (Å²) < 4.78 is 0. The maximum Gasteiger partial charge on any atom is 0.0167 e. The van der Waals surface area contributed by atoms with Crippen molar-refractivity contribution in [1.29, 1.82) is 0 Å². The second kappa shape index (κ2) is 36.2. The zero-order chi connectivity index (χ0) is 93.5. The minimum atomic E-state index is 0. The van der Waals surface area contributed by atoms with E-state index in [1.807, 2.05) is 6.20 Å². The van der Waals surface area contributed by atoms with E-state index in [9.17, 15) is 0 Å². The van der Waals surface area contributed by atoms with E-state index >= 15 is 0 Å². The summed E-state index contributed by atoms with van der Waals surface area (Å²) in [5.41, 5.74) is 44.3. The predicted octanol–water partition coefficient (Wildman–Crippen LogP) is 37.4. The van der Waals surface area contributed by atoms with Crippen molar-refractivity contribution < 1.29 is 20.1 Å². The Morgan fingerprint density at radius 1 is 0.165 bits per heavy atom. The molecule has 0 atom stereocenters. The normalized spacial score (nSPS) is 12.5. The van der Waals surface area contributed by atoms with Crippen LogP contribution in [0.25, 0.3) is 178 Å². The molecule has 0 saturated heterocycles. The van der Waals surface area contributed by atoms with Crippen LogP contribution in [0.5, 0.6) is 0 Å². The largest absolute Gasteiger partial charge is 0.304 e. The summed E-state index contributed by atoms with van der Waals surface area (Å²) in [6.45, 7) is 55.1. The van der Waals surface area contributed by atoms with Gasteiger partial charge in [-0.15, -0.1) is 35.4 Å². The molecule has 0 spiro atoms. The minimum absolute atomic E-state index is 0. The first-order chi connectivity index (χ1) is 62.3. The van der Waals surface area contributed by atoms with E-state index in [-0.39, 0.29) is 63.4 Å². The summed E-state index contributed by atoms with van der Waals surface area (Å²) in [7, 11) is 0. The van der Waals surface area contributed by atoms with Gasteiger partial charge in [-0.3, -0.25) is 0 Å². The fourth-order valence-electron chi connectivity index (χ4n) is 18.5. The molecule has 1 aromatic heterocycles. The van der Waals surface area contributed by atoms with Crippen molar-refractivity contribution in [3.63, 3.8) is 0 Å². The Morgan fingerprint density at radius 2 is 0.346 bits per heavy atom. The van der Waals surface area contributed by atoms with E-state index in [1.54, 1.807) is 0 Å². The summed E-state index contributed by atoms with van der Waals surface area (Å²) in [6.07, 6.45) is 2.01. The molecule has 1 heterocycles. The van der Waals surface area contributed by atoms with E-state index in [4.69, 9.17) is 4.98 Å². The molecule has 133 heavy (non-hydrogen) atoms. The number of hydrogen-bond acceptors (Lipinski definition) is 1. The van der Waals surface area contributed by atoms with Gasteiger partial charge in [0.25, 0.3) is 0 Å². The molecule has 0 saturated carbocycles. The number of fused-ring (bicyclic) bond motifs is 1. The molecule has 0 aliphatic rings. The fourth-order valence-corrected chi connectivity index (χ4v) is 18.5. The summed E-state index contributed by atoms with van der Waals surface area (Å²) in [6, 6.07) is 137. The van der Waals surface area contributed by atoms with Crippen LogP contribution in [0.1, 0.15) is 211 Å². The SMILES string of the molecule is CC(C)(C)c1ccc(-c2cc(-c3ccc(C(C)(C)C)cc3)cc(-c3cc(-c4cc[c-]c(-c5nccc6c(-c7cc(-c8cc(-c9ccc(C(C)(C)C)cc9)cc(-c9ccc(C(C)(C)C)cc9)c8)cc(-c8cc(-c9ccc(C(C)(C)C)cc9)cc(-c9ccc(C(C)(C)C)cc9)c8)c7)cccc56)c4)cc(-c4cc(-c5ccc(C(C)(C)C)cc5)cc(-c5ccc(C(C)(C)C)cc5)c4)c3)c2)cc1.[Ir]. The smallest absolute Gasteiger partial charge is 0.0167 e. The standard InChI is InChI=1S/C131H130N.Ir/c1-124(2,3)112-47-31-84(32-48-112)94-66-95(85-33-49-113(50-34-85)125(4,5)6)71-103(70-94)107-78-102(79-108(80-107)104-72-96(86-35-51-114(52-36-86)126(7,8)9)67-97(73-104)87-37-53-115(54-38-87)127(10,11)12)92-27-25-28-93(65-92)123-122-30-26-29-120(121(122)63-64-132-123)111-82-109(105-74-98(88-39-55-116(56-40-88)128(13,14)15)68-99(75-105)89-41-57-117(58-42-89)129(16,17)18)81-110(83-111)106-76-100(90-43-59-118(60-44-90)130(19,20)21)69-101(77-106)91-45-61-119(62-46-91)131(22,23)24;/h25-27,29-83H,1-24H3;/q-1;. The van der Waals surface area contributed by atoms with Crippen LogP contribution in [0.4, 0.5) is 0 Å². The van der Waals surface area contributed by atoms with Gasteiger partial charge >= 0.3 is 0 Å². The van der Waals surface area contributed by atoms with Gasteiger partial charge in [-0.1, -0.05) is 378 Å². The zero-order valence-electron chi connectivity index (χ0n) is 82.8. The Labute approximate surface area is 808 Å². The van der Waals surface area contributed by atoms with Crippen LogP contribution in [0, 0.1) is 6.07 Å². The molecule has 2 heteroatoms. The molecule has 0 aliphatic heterocycles. The van der Waals surface area contributed by atoms with Gasteiger partial charge in [0.15, 0.2) is 0 Å². The first-order valence-corrected chi connectivity index (χ1v) is 47.5. The van der Waals surface area contributed by atoms with Crippen LogP contribution < -0.4 is 0 Å². The topological polar surface area (TPSA) is 12.9 Å². The van der Waals surface area contributed by atoms with Crippen molar-refractivity contribution in [1.82, 2.24) is 4.98 Å². The minimum Gasteiger partial charge on any atom is -0.304 e. The van der Waals surface area contributed by atoms with Crippen molar-refractivity contribution in [2.75, 3.05) is 0 Å². The number of aromatic nitrogens is 1. The van der Waals surface area contributed by atoms with Gasteiger partial charge < -0.3 is 4.98 Å². The number of rotatable bonds is 15. The third-order valence-corrected chi connectivity index (χ3v) is 27.1. The maximum absolute atomic E-state index is 5.43. The van der Waals surface area contributed by atoms with E-state index in [0.29, 0.717) is 0 Å². The van der Waals surface area contributed by atoms with Crippen LogP contribution in [0.2, 0.25) is 0 Å². The monoisotopic (exact) mass is 1910 g/mol. The van der Waals surface area contributed by atoms with E-state index in [0.717, 1.165) is 133 Å². The van der Waals surface area contributed by atoms with E-state index in [1.165, 1.54) is 89.0 Å². The Balaban J connectivity index is 0.0000129. The molecule has 1 radical (unpaired) electrons. The molecule has 669 valence electrons. The quantitative estimate of drug-likeness (QED) is 0.0933. The molecular weight excluding hydrogens is 1780 g/mol. The van der Waals surface area contributed by atoms with Crippen molar-refractivity contribution in [3.8, 4) is 167 Å². The second-order valence-electron chi connectivity index (χ2n) is 45.5. The van der Waals surface area contributed by atoms with Gasteiger partial charge in [-0.25, -0.2) is 0 Å². The Bertz CT molecular complexity index is 6450. The van der Waals surface area contributed by atoms with Gasteiger partial charge in [0.2, 0.25) is 0 Å². The molecule has 16 aromatic carbocycles. The molecule has 0 bridgehead atoms. The Hall–Kier alpha value is -12.4. The zero-order valence-corrected chi connectivity index (χ0v) is 85.2. The summed E-state index contributed by atoms with van der Waals surface area (Å²) in [5, 5.41) is 2.14. The summed E-state index contributed by atoms with van der Waals surface area (Å²) in [5.74, 6) is 0. The molecule has 0 fully saturated rings.